The van der Waals surface area contributed by atoms with E-state index >= 15 is 0 Å². The van der Waals surface area contributed by atoms with Crippen molar-refractivity contribution in [3.8, 4) is 0 Å². The van der Waals surface area contributed by atoms with E-state index in [2.05, 4.69) is 23.1 Å². The van der Waals surface area contributed by atoms with Crippen LogP contribution in [0.25, 0.3) is 0 Å². The summed E-state index contributed by atoms with van der Waals surface area (Å²) in [5, 5.41) is 0. The van der Waals surface area contributed by atoms with Gasteiger partial charge in [-0.05, 0) is 31.4 Å². The van der Waals surface area contributed by atoms with Crippen LogP contribution >= 0.6 is 0 Å². The fraction of sp³-hybridized carbons (Fsp3) is 0.529. The molecule has 0 spiro atoms. The van der Waals surface area contributed by atoms with Gasteiger partial charge in [0.1, 0.15) is 6.54 Å². The normalized spacial score (nSPS) is 15.8. The first kappa shape index (κ1) is 16.5. The van der Waals surface area contributed by atoms with Crippen LogP contribution in [0, 0.1) is 0 Å². The molecule has 2 rings (SSSR count). The maximum absolute atomic E-state index is 12.5. The Labute approximate surface area is 131 Å². The molecule has 0 radical (unpaired) electrons. The van der Waals surface area contributed by atoms with Gasteiger partial charge in [0, 0.05) is 20.1 Å². The smallest absolute Gasteiger partial charge is 0.325 e. The summed E-state index contributed by atoms with van der Waals surface area (Å²) in [5.41, 5.74) is 2.64. The van der Waals surface area contributed by atoms with Crippen LogP contribution in [0.4, 0.5) is 0 Å². The van der Waals surface area contributed by atoms with E-state index in [1.807, 2.05) is 13.0 Å². The molecule has 22 heavy (non-hydrogen) atoms. The van der Waals surface area contributed by atoms with E-state index in [9.17, 15) is 9.59 Å². The van der Waals surface area contributed by atoms with E-state index < -0.39 is 0 Å². The lowest BCUT2D eigenvalue weighted by molar-refractivity contribution is -0.149. The summed E-state index contributed by atoms with van der Waals surface area (Å²) < 4.78 is 4.89. The van der Waals surface area contributed by atoms with Gasteiger partial charge in [0.05, 0.1) is 12.6 Å². The Hall–Kier alpha value is -1.88. The van der Waals surface area contributed by atoms with Gasteiger partial charge in [0.25, 0.3) is 0 Å². The summed E-state index contributed by atoms with van der Waals surface area (Å²) >= 11 is 0. The predicted octanol–water partition coefficient (Wildman–Crippen LogP) is 1.45. The van der Waals surface area contributed by atoms with Crippen molar-refractivity contribution >= 4 is 11.9 Å². The van der Waals surface area contributed by atoms with Crippen molar-refractivity contribution in [3.05, 3.63) is 35.4 Å². The molecule has 0 N–H and O–H groups in total. The van der Waals surface area contributed by atoms with Crippen molar-refractivity contribution in [2.24, 2.45) is 0 Å². The van der Waals surface area contributed by atoms with E-state index in [4.69, 9.17) is 4.74 Å². The third-order valence-corrected chi connectivity index (χ3v) is 4.11. The lowest BCUT2D eigenvalue weighted by atomic mass is 9.98. The number of hydrogen-bond donors (Lipinski definition) is 0. The molecule has 1 atom stereocenters. The summed E-state index contributed by atoms with van der Waals surface area (Å²) in [6.07, 6.45) is 0.954. The number of carbonyl (C=O) groups is 2. The monoisotopic (exact) mass is 304 g/mol. The molecule has 1 aromatic carbocycles. The van der Waals surface area contributed by atoms with Crippen molar-refractivity contribution in [3.63, 3.8) is 0 Å². The Morgan fingerprint density at radius 2 is 2.00 bits per heavy atom. The molecule has 1 aliphatic rings. The third kappa shape index (κ3) is 3.85. The minimum atomic E-state index is -0.366. The number of benzene rings is 1. The Morgan fingerprint density at radius 3 is 2.68 bits per heavy atom. The van der Waals surface area contributed by atoms with E-state index in [0.29, 0.717) is 6.61 Å². The van der Waals surface area contributed by atoms with Crippen molar-refractivity contribution in [2.75, 3.05) is 26.7 Å². The van der Waals surface area contributed by atoms with E-state index in [1.54, 1.807) is 14.0 Å². The minimum absolute atomic E-state index is 0.00143. The first-order valence-corrected chi connectivity index (χ1v) is 7.74. The molecule has 0 fully saturated rings. The highest BCUT2D eigenvalue weighted by atomic mass is 16.5. The second-order valence-electron chi connectivity index (χ2n) is 5.66. The van der Waals surface area contributed by atoms with Crippen LogP contribution in [0.5, 0.6) is 0 Å². The summed E-state index contributed by atoms with van der Waals surface area (Å²) in [7, 11) is 1.65. The molecule has 0 saturated heterocycles. The van der Waals surface area contributed by atoms with E-state index in [-0.39, 0.29) is 24.5 Å². The van der Waals surface area contributed by atoms with Crippen LogP contribution in [0.2, 0.25) is 0 Å². The second kappa shape index (κ2) is 7.40. The highest BCUT2D eigenvalue weighted by molar-refractivity contribution is 5.85. The molecule has 5 nitrogen and oxygen atoms in total. The van der Waals surface area contributed by atoms with Crippen LogP contribution < -0.4 is 0 Å². The minimum Gasteiger partial charge on any atom is -0.465 e. The Kier molecular flexibility index (Phi) is 5.55. The Morgan fingerprint density at radius 1 is 1.32 bits per heavy atom. The molecular weight excluding hydrogens is 280 g/mol. The standard InChI is InChI=1S/C17H24N2O3/c1-4-22-16(20)12-18(3)17(21)13(2)19-10-9-14-7-5-6-8-15(14)11-19/h5-8,13H,4,9-12H2,1-3H3. The first-order chi connectivity index (χ1) is 10.5. The van der Waals surface area contributed by atoms with Crippen LogP contribution in [-0.2, 0) is 27.3 Å². The van der Waals surface area contributed by atoms with Gasteiger partial charge in [-0.15, -0.1) is 0 Å². The van der Waals surface area contributed by atoms with Gasteiger partial charge in [-0.25, -0.2) is 0 Å². The quantitative estimate of drug-likeness (QED) is 0.773. The number of fused-ring (bicyclic) bond motifs is 1. The van der Waals surface area contributed by atoms with E-state index in [0.717, 1.165) is 19.5 Å². The number of esters is 1. The molecule has 1 amide bonds. The molecular formula is C17H24N2O3. The lowest BCUT2D eigenvalue weighted by Crippen LogP contribution is -2.48. The number of rotatable bonds is 5. The molecule has 0 bridgehead atoms. The van der Waals surface area contributed by atoms with Gasteiger partial charge in [0.15, 0.2) is 0 Å². The van der Waals surface area contributed by atoms with Crippen molar-refractivity contribution in [1.29, 1.82) is 0 Å². The van der Waals surface area contributed by atoms with Crippen LogP contribution in [0.15, 0.2) is 24.3 Å². The zero-order valence-electron chi connectivity index (χ0n) is 13.5. The van der Waals surface area contributed by atoms with Crippen molar-refractivity contribution in [2.45, 2.75) is 32.9 Å². The zero-order valence-corrected chi connectivity index (χ0v) is 13.5. The summed E-state index contributed by atoms with van der Waals surface area (Å²) in [6, 6.07) is 8.10. The van der Waals surface area contributed by atoms with Crippen LogP contribution in [0.1, 0.15) is 25.0 Å². The lowest BCUT2D eigenvalue weighted by Gasteiger charge is -2.34. The van der Waals surface area contributed by atoms with Gasteiger partial charge in [-0.3, -0.25) is 14.5 Å². The fourth-order valence-corrected chi connectivity index (χ4v) is 2.80. The van der Waals surface area contributed by atoms with Gasteiger partial charge in [0.2, 0.25) is 5.91 Å². The number of ether oxygens (including phenoxy) is 1. The second-order valence-corrected chi connectivity index (χ2v) is 5.66. The van der Waals surface area contributed by atoms with Crippen LogP contribution in [0.3, 0.4) is 0 Å². The molecule has 0 aromatic heterocycles. The molecule has 0 aliphatic carbocycles. The topological polar surface area (TPSA) is 49.9 Å². The fourth-order valence-electron chi connectivity index (χ4n) is 2.80. The van der Waals surface area contributed by atoms with Gasteiger partial charge < -0.3 is 9.64 Å². The first-order valence-electron chi connectivity index (χ1n) is 7.74. The summed E-state index contributed by atoms with van der Waals surface area (Å²) in [5.74, 6) is -0.415. The maximum atomic E-state index is 12.5. The van der Waals surface area contributed by atoms with Crippen molar-refractivity contribution in [1.82, 2.24) is 9.80 Å². The molecule has 0 saturated carbocycles. The Balaban J connectivity index is 1.95. The highest BCUT2D eigenvalue weighted by Gasteiger charge is 2.28. The number of amides is 1. The molecule has 1 aliphatic heterocycles. The molecule has 5 heteroatoms. The number of carbonyl (C=O) groups excluding carboxylic acids is 2. The highest BCUT2D eigenvalue weighted by Crippen LogP contribution is 2.20. The molecule has 1 aromatic rings. The Bertz CT molecular complexity index is 544. The molecule has 120 valence electrons. The zero-order chi connectivity index (χ0) is 16.1. The number of hydrogen-bond acceptors (Lipinski definition) is 4. The predicted molar refractivity (Wildman–Crippen MR) is 84.3 cm³/mol. The third-order valence-electron chi connectivity index (χ3n) is 4.11. The average Bonchev–Trinajstić information content (AvgIpc) is 2.53. The summed E-state index contributed by atoms with van der Waals surface area (Å²) in [6.45, 7) is 5.62. The largest absolute Gasteiger partial charge is 0.465 e. The molecule has 1 heterocycles. The number of nitrogens with zero attached hydrogens (tertiary/aromatic N) is 2. The summed E-state index contributed by atoms with van der Waals surface area (Å²) in [4.78, 5) is 27.6. The average molecular weight is 304 g/mol. The van der Waals surface area contributed by atoms with Gasteiger partial charge in [-0.2, -0.15) is 0 Å². The van der Waals surface area contributed by atoms with Crippen LogP contribution in [-0.4, -0.2) is 54.5 Å². The number of likely N-dealkylation sites (N-methyl/N-ethyl adjacent to an activating group) is 1. The maximum Gasteiger partial charge on any atom is 0.325 e. The van der Waals surface area contributed by atoms with Gasteiger partial charge in [-0.1, -0.05) is 24.3 Å². The van der Waals surface area contributed by atoms with E-state index in [1.165, 1.54) is 16.0 Å². The van der Waals surface area contributed by atoms with Gasteiger partial charge >= 0.3 is 5.97 Å². The molecule has 1 unspecified atom stereocenters. The van der Waals surface area contributed by atoms with Crippen molar-refractivity contribution < 1.29 is 14.3 Å². The SMILES string of the molecule is CCOC(=O)CN(C)C(=O)C(C)N1CCc2ccccc2C1.